The van der Waals surface area contributed by atoms with Crippen molar-refractivity contribution in [1.82, 2.24) is 9.78 Å². The van der Waals surface area contributed by atoms with Crippen LogP contribution < -0.4 is 11.1 Å². The van der Waals surface area contributed by atoms with Crippen LogP contribution in [0.2, 0.25) is 5.02 Å². The third kappa shape index (κ3) is 3.24. The summed E-state index contributed by atoms with van der Waals surface area (Å²) in [7, 11) is 0. The average molecular weight is 330 g/mol. The van der Waals surface area contributed by atoms with Gasteiger partial charge in [-0.3, -0.25) is 9.48 Å². The standard InChI is InChI=1S/C11H10BrClN4O/c12-7-4-15-17(5-7)6-11(18)16-10-3-8(14)1-2-9(10)13/h1-5H,6,14H2,(H,16,18). The summed E-state index contributed by atoms with van der Waals surface area (Å²) in [6, 6.07) is 4.92. The summed E-state index contributed by atoms with van der Waals surface area (Å²) < 4.78 is 2.33. The van der Waals surface area contributed by atoms with Gasteiger partial charge in [0.25, 0.3) is 0 Å². The number of amides is 1. The summed E-state index contributed by atoms with van der Waals surface area (Å²) in [5.74, 6) is -0.224. The van der Waals surface area contributed by atoms with Crippen molar-refractivity contribution >= 4 is 44.8 Å². The average Bonchev–Trinajstić information content (AvgIpc) is 2.69. The van der Waals surface area contributed by atoms with Crippen LogP contribution in [0.5, 0.6) is 0 Å². The van der Waals surface area contributed by atoms with E-state index in [2.05, 4.69) is 26.3 Å². The van der Waals surface area contributed by atoms with Gasteiger partial charge >= 0.3 is 0 Å². The zero-order valence-electron chi connectivity index (χ0n) is 9.23. The first-order chi connectivity index (χ1) is 8.54. The Labute approximate surface area is 117 Å². The van der Waals surface area contributed by atoms with Gasteiger partial charge in [0.05, 0.1) is 21.4 Å². The van der Waals surface area contributed by atoms with Gasteiger partial charge in [0, 0.05) is 11.9 Å². The van der Waals surface area contributed by atoms with Crippen molar-refractivity contribution in [3.63, 3.8) is 0 Å². The molecule has 1 aromatic carbocycles. The highest BCUT2D eigenvalue weighted by Gasteiger charge is 2.07. The fourth-order valence-corrected chi connectivity index (χ4v) is 1.89. The van der Waals surface area contributed by atoms with Crippen LogP contribution in [0.4, 0.5) is 11.4 Å². The quantitative estimate of drug-likeness (QED) is 0.850. The molecule has 0 aliphatic heterocycles. The summed E-state index contributed by atoms with van der Waals surface area (Å²) in [5.41, 5.74) is 6.66. The minimum absolute atomic E-state index is 0.108. The first-order valence-electron chi connectivity index (χ1n) is 5.07. The molecule has 0 saturated heterocycles. The second-order valence-electron chi connectivity index (χ2n) is 3.64. The van der Waals surface area contributed by atoms with Crippen molar-refractivity contribution in [2.24, 2.45) is 0 Å². The van der Waals surface area contributed by atoms with Crippen molar-refractivity contribution in [2.75, 3.05) is 11.1 Å². The normalized spacial score (nSPS) is 10.3. The molecule has 7 heteroatoms. The molecule has 5 nitrogen and oxygen atoms in total. The number of anilines is 2. The second-order valence-corrected chi connectivity index (χ2v) is 4.97. The highest BCUT2D eigenvalue weighted by molar-refractivity contribution is 9.10. The number of carbonyl (C=O) groups is 1. The van der Waals surface area contributed by atoms with Crippen LogP contribution in [-0.2, 0) is 11.3 Å². The molecule has 0 spiro atoms. The third-order valence-corrected chi connectivity index (χ3v) is 2.91. The van der Waals surface area contributed by atoms with Crippen LogP contribution in [-0.4, -0.2) is 15.7 Å². The predicted molar refractivity (Wildman–Crippen MR) is 74.4 cm³/mol. The Balaban J connectivity index is 2.05. The van der Waals surface area contributed by atoms with Gasteiger partial charge in [0.2, 0.25) is 5.91 Å². The molecule has 3 N–H and O–H groups in total. The highest BCUT2D eigenvalue weighted by Crippen LogP contribution is 2.23. The molecule has 0 atom stereocenters. The SMILES string of the molecule is Nc1ccc(Cl)c(NC(=O)Cn2cc(Br)cn2)c1. The number of aromatic nitrogens is 2. The maximum Gasteiger partial charge on any atom is 0.246 e. The van der Waals surface area contributed by atoms with Crippen LogP contribution in [0.15, 0.2) is 35.1 Å². The van der Waals surface area contributed by atoms with E-state index < -0.39 is 0 Å². The number of hydrogen-bond donors (Lipinski definition) is 2. The van der Waals surface area contributed by atoms with E-state index in [1.54, 1.807) is 30.6 Å². The molecule has 1 aromatic heterocycles. The minimum atomic E-state index is -0.224. The zero-order chi connectivity index (χ0) is 13.1. The number of nitrogens with two attached hydrogens (primary N) is 1. The van der Waals surface area contributed by atoms with E-state index in [-0.39, 0.29) is 12.5 Å². The number of hydrogen-bond acceptors (Lipinski definition) is 3. The molecular formula is C11H10BrClN4O. The van der Waals surface area contributed by atoms with Gasteiger partial charge in [-0.15, -0.1) is 0 Å². The van der Waals surface area contributed by atoms with E-state index in [9.17, 15) is 4.79 Å². The number of rotatable bonds is 3. The summed E-state index contributed by atoms with van der Waals surface area (Å²) >= 11 is 9.20. The molecule has 0 aliphatic rings. The second kappa shape index (κ2) is 5.41. The zero-order valence-corrected chi connectivity index (χ0v) is 11.6. The van der Waals surface area contributed by atoms with E-state index in [0.29, 0.717) is 16.4 Å². The topological polar surface area (TPSA) is 72.9 Å². The van der Waals surface area contributed by atoms with Gasteiger partial charge in [-0.05, 0) is 34.1 Å². The van der Waals surface area contributed by atoms with Crippen molar-refractivity contribution in [2.45, 2.75) is 6.54 Å². The number of nitrogens with zero attached hydrogens (tertiary/aromatic N) is 2. The molecule has 2 aromatic rings. The highest BCUT2D eigenvalue weighted by atomic mass is 79.9. The van der Waals surface area contributed by atoms with E-state index in [1.165, 1.54) is 4.68 Å². The molecule has 0 saturated carbocycles. The molecule has 2 rings (SSSR count). The lowest BCUT2D eigenvalue weighted by atomic mass is 10.3. The van der Waals surface area contributed by atoms with Gasteiger partial charge in [-0.2, -0.15) is 5.10 Å². The molecular weight excluding hydrogens is 320 g/mol. The lowest BCUT2D eigenvalue weighted by molar-refractivity contribution is -0.116. The Morgan fingerprint density at radius 3 is 3.00 bits per heavy atom. The van der Waals surface area contributed by atoms with Gasteiger partial charge in [0.15, 0.2) is 0 Å². The fourth-order valence-electron chi connectivity index (χ4n) is 1.40. The number of carbonyl (C=O) groups excluding carboxylic acids is 1. The van der Waals surface area contributed by atoms with Gasteiger partial charge in [-0.25, -0.2) is 0 Å². The Kier molecular flexibility index (Phi) is 3.88. The van der Waals surface area contributed by atoms with E-state index in [4.69, 9.17) is 17.3 Å². The Morgan fingerprint density at radius 1 is 1.56 bits per heavy atom. The molecule has 0 bridgehead atoms. The number of nitrogens with one attached hydrogen (secondary N) is 1. The monoisotopic (exact) mass is 328 g/mol. The van der Waals surface area contributed by atoms with E-state index >= 15 is 0 Å². The van der Waals surface area contributed by atoms with Crippen LogP contribution in [0.25, 0.3) is 0 Å². The van der Waals surface area contributed by atoms with Crippen molar-refractivity contribution in [1.29, 1.82) is 0 Å². The third-order valence-electron chi connectivity index (χ3n) is 2.17. The summed E-state index contributed by atoms with van der Waals surface area (Å²) in [6.07, 6.45) is 3.32. The molecule has 1 heterocycles. The lowest BCUT2D eigenvalue weighted by Crippen LogP contribution is -2.19. The summed E-state index contributed by atoms with van der Waals surface area (Å²) in [6.45, 7) is 0.108. The van der Waals surface area contributed by atoms with Crippen molar-refractivity contribution in [3.8, 4) is 0 Å². The minimum Gasteiger partial charge on any atom is -0.399 e. The Hall–Kier alpha value is -1.53. The van der Waals surface area contributed by atoms with Crippen LogP contribution in [0, 0.1) is 0 Å². The van der Waals surface area contributed by atoms with Gasteiger partial charge in [-0.1, -0.05) is 11.6 Å². The molecule has 0 fully saturated rings. The van der Waals surface area contributed by atoms with Crippen molar-refractivity contribution < 1.29 is 4.79 Å². The summed E-state index contributed by atoms with van der Waals surface area (Å²) in [5, 5.41) is 7.11. The molecule has 0 aliphatic carbocycles. The molecule has 94 valence electrons. The predicted octanol–water partition coefficient (Wildman–Crippen LogP) is 2.52. The lowest BCUT2D eigenvalue weighted by Gasteiger charge is -2.08. The van der Waals surface area contributed by atoms with Gasteiger partial charge < -0.3 is 11.1 Å². The Bertz CT molecular complexity index is 584. The van der Waals surface area contributed by atoms with E-state index in [0.717, 1.165) is 4.47 Å². The van der Waals surface area contributed by atoms with Crippen molar-refractivity contribution in [3.05, 3.63) is 40.1 Å². The van der Waals surface area contributed by atoms with Crippen LogP contribution in [0.3, 0.4) is 0 Å². The van der Waals surface area contributed by atoms with Gasteiger partial charge in [0.1, 0.15) is 6.54 Å². The Morgan fingerprint density at radius 2 is 2.33 bits per heavy atom. The number of nitrogen functional groups attached to an aromatic ring is 1. The maximum atomic E-state index is 11.8. The van der Waals surface area contributed by atoms with Crippen LogP contribution in [0.1, 0.15) is 0 Å². The molecule has 18 heavy (non-hydrogen) atoms. The smallest absolute Gasteiger partial charge is 0.246 e. The molecule has 1 amide bonds. The number of halogens is 2. The maximum absolute atomic E-state index is 11.8. The van der Waals surface area contributed by atoms with Crippen LogP contribution >= 0.6 is 27.5 Å². The molecule has 0 radical (unpaired) electrons. The fraction of sp³-hybridized carbons (Fsp3) is 0.0909. The largest absolute Gasteiger partial charge is 0.399 e. The van der Waals surface area contributed by atoms with E-state index in [1.807, 2.05) is 0 Å². The summed E-state index contributed by atoms with van der Waals surface area (Å²) in [4.78, 5) is 11.8. The number of benzene rings is 1. The first kappa shape index (κ1) is 12.9. The molecule has 0 unspecified atom stereocenters. The first-order valence-corrected chi connectivity index (χ1v) is 6.24.